The molecule has 0 atom stereocenters. The van der Waals surface area contributed by atoms with Gasteiger partial charge in [0, 0.05) is 20.1 Å². The molecule has 3 rings (SSSR count). The molecule has 29 heavy (non-hydrogen) atoms. The quantitative estimate of drug-likeness (QED) is 0.584. The number of carbonyl (C=O) groups excluding carboxylic acids is 1. The maximum Gasteiger partial charge on any atom is 0.297 e. The lowest BCUT2D eigenvalue weighted by Crippen LogP contribution is -2.39. The summed E-state index contributed by atoms with van der Waals surface area (Å²) in [5.41, 5.74) is -1.29. The Kier molecular flexibility index (Phi) is 5.78. The first-order valence-corrected chi connectivity index (χ1v) is 10.3. The average Bonchev–Trinajstić information content (AvgIpc) is 2.67. The van der Waals surface area contributed by atoms with Gasteiger partial charge in [-0.25, -0.2) is 18.1 Å². The van der Waals surface area contributed by atoms with Crippen molar-refractivity contribution in [1.82, 2.24) is 14.9 Å². The van der Waals surface area contributed by atoms with E-state index in [-0.39, 0.29) is 30.4 Å². The smallest absolute Gasteiger partial charge is 0.297 e. The van der Waals surface area contributed by atoms with Gasteiger partial charge in [-0.2, -0.15) is 0 Å². The highest BCUT2D eigenvalue weighted by Gasteiger charge is 2.32. The third-order valence-corrected chi connectivity index (χ3v) is 6.39. The van der Waals surface area contributed by atoms with E-state index in [1.54, 1.807) is 0 Å². The van der Waals surface area contributed by atoms with E-state index >= 15 is 0 Å². The lowest BCUT2D eigenvalue weighted by atomic mass is 10.2. The molecule has 1 saturated heterocycles. The molecular formula is C17H20F2N4O5S. The molecule has 2 heterocycles. The minimum absolute atomic E-state index is 0.0986. The van der Waals surface area contributed by atoms with Gasteiger partial charge in [0.1, 0.15) is 0 Å². The van der Waals surface area contributed by atoms with Crippen molar-refractivity contribution in [3.05, 3.63) is 51.4 Å². The fourth-order valence-electron chi connectivity index (χ4n) is 2.91. The molecule has 1 aliphatic heterocycles. The van der Waals surface area contributed by atoms with Gasteiger partial charge in [0.2, 0.25) is 11.7 Å². The van der Waals surface area contributed by atoms with Crippen molar-refractivity contribution in [3.8, 4) is 5.75 Å². The number of rotatable bonds is 4. The third kappa shape index (κ3) is 4.18. The SMILES string of the molecule is Cn1c(N2CCCCS2(O)O)nc(C(=O)NCc2ccc(F)c(F)c2)c(O)c1=O. The van der Waals surface area contributed by atoms with Gasteiger partial charge in [-0.15, -0.1) is 10.8 Å². The maximum absolute atomic E-state index is 13.3. The van der Waals surface area contributed by atoms with Crippen molar-refractivity contribution in [2.75, 3.05) is 16.6 Å². The fraction of sp³-hybridized carbons (Fsp3) is 0.353. The highest BCUT2D eigenvalue weighted by Crippen LogP contribution is 2.48. The van der Waals surface area contributed by atoms with Crippen LogP contribution in [0.15, 0.2) is 23.0 Å². The molecule has 0 spiro atoms. The Labute approximate surface area is 166 Å². The summed E-state index contributed by atoms with van der Waals surface area (Å²) in [5.74, 6) is -4.01. The number of nitrogens with zero attached hydrogens (tertiary/aromatic N) is 3. The predicted octanol–water partition coefficient (Wildman–Crippen LogP) is 1.96. The van der Waals surface area contributed by atoms with Crippen molar-refractivity contribution in [3.63, 3.8) is 0 Å². The lowest BCUT2D eigenvalue weighted by molar-refractivity contribution is 0.0942. The van der Waals surface area contributed by atoms with E-state index in [9.17, 15) is 32.6 Å². The van der Waals surface area contributed by atoms with Crippen LogP contribution in [0.3, 0.4) is 0 Å². The number of aromatic hydroxyl groups is 1. The van der Waals surface area contributed by atoms with E-state index in [0.717, 1.165) is 21.0 Å². The van der Waals surface area contributed by atoms with Crippen molar-refractivity contribution < 1.29 is 27.8 Å². The summed E-state index contributed by atoms with van der Waals surface area (Å²) in [6.07, 6.45) is 1.22. The summed E-state index contributed by atoms with van der Waals surface area (Å²) in [5, 5.41) is 12.4. The van der Waals surface area contributed by atoms with Crippen LogP contribution in [-0.2, 0) is 13.6 Å². The van der Waals surface area contributed by atoms with Crippen molar-refractivity contribution >= 4 is 22.6 Å². The second-order valence-electron chi connectivity index (χ2n) is 6.55. The average molecular weight is 430 g/mol. The van der Waals surface area contributed by atoms with Crippen LogP contribution in [0.1, 0.15) is 28.9 Å². The van der Waals surface area contributed by atoms with E-state index in [0.29, 0.717) is 12.8 Å². The Balaban J connectivity index is 1.90. The summed E-state index contributed by atoms with van der Waals surface area (Å²) in [4.78, 5) is 28.8. The van der Waals surface area contributed by atoms with Crippen LogP contribution in [0.5, 0.6) is 5.75 Å². The largest absolute Gasteiger partial charge is 0.501 e. The molecule has 1 aromatic carbocycles. The molecule has 0 bridgehead atoms. The molecule has 1 amide bonds. The van der Waals surface area contributed by atoms with Crippen LogP contribution in [0.25, 0.3) is 0 Å². The normalized spacial score (nSPS) is 17.1. The minimum Gasteiger partial charge on any atom is -0.501 e. The highest BCUT2D eigenvalue weighted by atomic mass is 32.3. The number of nitrogens with one attached hydrogen (secondary N) is 1. The summed E-state index contributed by atoms with van der Waals surface area (Å²) in [6.45, 7) is 0.00387. The summed E-state index contributed by atoms with van der Waals surface area (Å²) in [7, 11) is -1.93. The van der Waals surface area contributed by atoms with Crippen molar-refractivity contribution in [2.24, 2.45) is 7.05 Å². The zero-order valence-electron chi connectivity index (χ0n) is 15.4. The number of amides is 1. The Morgan fingerprint density at radius 3 is 2.66 bits per heavy atom. The van der Waals surface area contributed by atoms with Crippen LogP contribution in [0.2, 0.25) is 0 Å². The molecule has 0 aliphatic carbocycles. The van der Waals surface area contributed by atoms with Gasteiger partial charge in [-0.05, 0) is 30.5 Å². The first kappa shape index (κ1) is 21.0. The van der Waals surface area contributed by atoms with Gasteiger partial charge in [0.25, 0.3) is 11.5 Å². The van der Waals surface area contributed by atoms with E-state index in [1.165, 1.54) is 13.1 Å². The molecule has 158 valence electrons. The van der Waals surface area contributed by atoms with Gasteiger partial charge in [0.15, 0.2) is 17.3 Å². The second kappa shape index (κ2) is 7.97. The van der Waals surface area contributed by atoms with Crippen LogP contribution >= 0.6 is 10.8 Å². The van der Waals surface area contributed by atoms with Gasteiger partial charge in [-0.3, -0.25) is 23.3 Å². The van der Waals surface area contributed by atoms with Crippen molar-refractivity contribution in [1.29, 1.82) is 0 Å². The van der Waals surface area contributed by atoms with E-state index in [4.69, 9.17) is 0 Å². The zero-order chi connectivity index (χ0) is 21.3. The molecule has 0 unspecified atom stereocenters. The standard InChI is InChI=1S/C17H20F2N4O5S/c1-22-16(26)14(24)13(21-17(22)23-6-2-3-7-29(23,27)28)15(25)20-9-10-4-5-11(18)12(19)8-10/h4-5,8,24,27-28H,2-3,6-7,9H2,1H3,(H,20,25). The number of hydrogen-bond donors (Lipinski definition) is 4. The topological polar surface area (TPSA) is 128 Å². The summed E-state index contributed by atoms with van der Waals surface area (Å²) < 4.78 is 48.9. The van der Waals surface area contributed by atoms with E-state index < -0.39 is 45.3 Å². The first-order chi connectivity index (χ1) is 13.6. The third-order valence-electron chi connectivity index (χ3n) is 4.50. The molecule has 1 aromatic heterocycles. The Bertz CT molecular complexity index is 1010. The predicted molar refractivity (Wildman–Crippen MR) is 103 cm³/mol. The van der Waals surface area contributed by atoms with E-state index in [1.807, 2.05) is 0 Å². The van der Waals surface area contributed by atoms with Crippen LogP contribution in [0.4, 0.5) is 14.7 Å². The molecule has 9 nitrogen and oxygen atoms in total. The Morgan fingerprint density at radius 2 is 2.00 bits per heavy atom. The van der Waals surface area contributed by atoms with Crippen LogP contribution in [-0.4, -0.2) is 42.0 Å². The molecule has 1 aliphatic rings. The zero-order valence-corrected chi connectivity index (χ0v) is 16.2. The molecule has 4 N–H and O–H groups in total. The number of carbonyl (C=O) groups is 1. The summed E-state index contributed by atoms with van der Waals surface area (Å²) >= 11 is 0. The molecule has 1 fully saturated rings. The van der Waals surface area contributed by atoms with Crippen molar-refractivity contribution in [2.45, 2.75) is 19.4 Å². The Morgan fingerprint density at radius 1 is 1.28 bits per heavy atom. The number of hydrogen-bond acceptors (Lipinski definition) is 7. The highest BCUT2D eigenvalue weighted by molar-refractivity contribution is 8.25. The number of anilines is 1. The minimum atomic E-state index is -3.21. The van der Waals surface area contributed by atoms with Crippen LogP contribution < -0.4 is 15.2 Å². The Hall–Kier alpha value is -2.70. The van der Waals surface area contributed by atoms with E-state index in [2.05, 4.69) is 10.3 Å². The lowest BCUT2D eigenvalue weighted by Gasteiger charge is -2.46. The van der Waals surface area contributed by atoms with Gasteiger partial charge >= 0.3 is 0 Å². The van der Waals surface area contributed by atoms with Gasteiger partial charge < -0.3 is 10.4 Å². The molecule has 0 radical (unpaired) electrons. The maximum atomic E-state index is 13.3. The second-order valence-corrected chi connectivity index (χ2v) is 8.66. The number of aromatic nitrogens is 2. The van der Waals surface area contributed by atoms with Gasteiger partial charge in [0.05, 0.1) is 5.75 Å². The van der Waals surface area contributed by atoms with Gasteiger partial charge in [-0.1, -0.05) is 6.07 Å². The monoisotopic (exact) mass is 430 g/mol. The van der Waals surface area contributed by atoms with Crippen LogP contribution in [0, 0.1) is 11.6 Å². The molecular weight excluding hydrogens is 410 g/mol. The number of halogens is 2. The number of benzene rings is 1. The molecule has 2 aromatic rings. The molecule has 0 saturated carbocycles. The molecule has 12 heteroatoms. The fourth-order valence-corrected chi connectivity index (χ4v) is 4.57. The first-order valence-electron chi connectivity index (χ1n) is 8.67. The summed E-state index contributed by atoms with van der Waals surface area (Å²) in [6, 6.07) is 3.08.